The predicted octanol–water partition coefficient (Wildman–Crippen LogP) is 4.44. The monoisotopic (exact) mass is 457 g/mol. The SMILES string of the molecule is CCNC(=O)C(C)N(Cc1ccccc1C)C(=O)CCCN1C(=O)c2cccc3cccc1c23. The van der Waals surface area contributed by atoms with Gasteiger partial charge in [-0.05, 0) is 55.8 Å². The highest BCUT2D eigenvalue weighted by Gasteiger charge is 2.30. The van der Waals surface area contributed by atoms with E-state index in [0.717, 1.165) is 27.6 Å². The topological polar surface area (TPSA) is 69.7 Å². The van der Waals surface area contributed by atoms with Crippen molar-refractivity contribution in [1.29, 1.82) is 0 Å². The lowest BCUT2D eigenvalue weighted by Crippen LogP contribution is -2.47. The van der Waals surface area contributed by atoms with Crippen LogP contribution in [-0.4, -0.2) is 41.8 Å². The molecule has 0 saturated heterocycles. The summed E-state index contributed by atoms with van der Waals surface area (Å²) >= 11 is 0. The van der Waals surface area contributed by atoms with E-state index in [1.807, 2.05) is 74.5 Å². The number of benzene rings is 3. The minimum atomic E-state index is -0.585. The van der Waals surface area contributed by atoms with Crippen LogP contribution in [0.4, 0.5) is 5.69 Å². The number of carbonyl (C=O) groups is 3. The molecule has 1 aliphatic rings. The van der Waals surface area contributed by atoms with Gasteiger partial charge in [0, 0.05) is 37.0 Å². The van der Waals surface area contributed by atoms with Crippen molar-refractivity contribution in [2.24, 2.45) is 0 Å². The second-order valence-corrected chi connectivity index (χ2v) is 8.76. The number of hydrogen-bond acceptors (Lipinski definition) is 3. The largest absolute Gasteiger partial charge is 0.355 e. The number of amides is 3. The van der Waals surface area contributed by atoms with E-state index < -0.39 is 6.04 Å². The van der Waals surface area contributed by atoms with Crippen LogP contribution < -0.4 is 10.2 Å². The molecule has 0 spiro atoms. The van der Waals surface area contributed by atoms with E-state index in [0.29, 0.717) is 31.6 Å². The van der Waals surface area contributed by atoms with Gasteiger partial charge in [0.2, 0.25) is 11.8 Å². The highest BCUT2D eigenvalue weighted by molar-refractivity contribution is 6.25. The average molecular weight is 458 g/mol. The summed E-state index contributed by atoms with van der Waals surface area (Å²) in [5.41, 5.74) is 3.71. The Morgan fingerprint density at radius 1 is 1.03 bits per heavy atom. The van der Waals surface area contributed by atoms with E-state index in [2.05, 4.69) is 5.32 Å². The summed E-state index contributed by atoms with van der Waals surface area (Å²) in [6.07, 6.45) is 0.771. The van der Waals surface area contributed by atoms with Crippen molar-refractivity contribution >= 4 is 34.2 Å². The predicted molar refractivity (Wildman–Crippen MR) is 135 cm³/mol. The molecule has 0 bridgehead atoms. The number of nitrogens with zero attached hydrogens (tertiary/aromatic N) is 2. The molecule has 0 saturated carbocycles. The molecule has 6 nitrogen and oxygen atoms in total. The number of carbonyl (C=O) groups excluding carboxylic acids is 3. The summed E-state index contributed by atoms with van der Waals surface area (Å²) in [5.74, 6) is -0.280. The van der Waals surface area contributed by atoms with Gasteiger partial charge in [-0.3, -0.25) is 14.4 Å². The van der Waals surface area contributed by atoms with Crippen molar-refractivity contribution in [3.63, 3.8) is 0 Å². The van der Waals surface area contributed by atoms with Crippen molar-refractivity contribution in [3.05, 3.63) is 77.4 Å². The third-order valence-electron chi connectivity index (χ3n) is 6.54. The number of anilines is 1. The molecule has 6 heteroatoms. The first-order chi connectivity index (χ1) is 16.4. The maximum absolute atomic E-state index is 13.3. The van der Waals surface area contributed by atoms with Crippen LogP contribution in [0.2, 0.25) is 0 Å². The van der Waals surface area contributed by atoms with Crippen LogP contribution in [-0.2, 0) is 16.1 Å². The summed E-state index contributed by atoms with van der Waals surface area (Å²) in [7, 11) is 0. The van der Waals surface area contributed by atoms with E-state index in [9.17, 15) is 14.4 Å². The quantitative estimate of drug-likeness (QED) is 0.516. The Morgan fingerprint density at radius 2 is 1.76 bits per heavy atom. The number of nitrogens with one attached hydrogen (secondary N) is 1. The molecule has 4 rings (SSSR count). The molecule has 1 unspecified atom stereocenters. The summed E-state index contributed by atoms with van der Waals surface area (Å²) < 4.78 is 0. The van der Waals surface area contributed by atoms with Crippen LogP contribution in [0.1, 0.15) is 48.2 Å². The van der Waals surface area contributed by atoms with Gasteiger partial charge in [0.25, 0.3) is 5.91 Å². The lowest BCUT2D eigenvalue weighted by molar-refractivity contribution is -0.140. The van der Waals surface area contributed by atoms with Gasteiger partial charge in [-0.15, -0.1) is 0 Å². The maximum Gasteiger partial charge on any atom is 0.258 e. The molecule has 0 aliphatic carbocycles. The molecule has 3 aromatic rings. The number of likely N-dealkylation sites (N-methyl/N-ethyl adjacent to an activating group) is 1. The zero-order chi connectivity index (χ0) is 24.2. The molecule has 1 aliphatic heterocycles. The Bertz CT molecular complexity index is 1230. The molecule has 176 valence electrons. The van der Waals surface area contributed by atoms with E-state index >= 15 is 0 Å². The van der Waals surface area contributed by atoms with E-state index in [1.165, 1.54) is 0 Å². The molecule has 3 amide bonds. The van der Waals surface area contributed by atoms with E-state index in [4.69, 9.17) is 0 Å². The second kappa shape index (κ2) is 10.1. The number of aryl methyl sites for hydroxylation is 1. The van der Waals surface area contributed by atoms with Crippen molar-refractivity contribution in [1.82, 2.24) is 10.2 Å². The lowest BCUT2D eigenvalue weighted by Gasteiger charge is -2.29. The van der Waals surface area contributed by atoms with Crippen LogP contribution in [0.15, 0.2) is 60.7 Å². The first-order valence-corrected chi connectivity index (χ1v) is 11.9. The molecule has 1 heterocycles. The van der Waals surface area contributed by atoms with Gasteiger partial charge >= 0.3 is 0 Å². The summed E-state index contributed by atoms with van der Waals surface area (Å²) in [6.45, 7) is 6.97. The van der Waals surface area contributed by atoms with Gasteiger partial charge in [0.05, 0.1) is 5.69 Å². The van der Waals surface area contributed by atoms with Crippen molar-refractivity contribution in [2.75, 3.05) is 18.0 Å². The highest BCUT2D eigenvalue weighted by Crippen LogP contribution is 2.37. The fourth-order valence-electron chi connectivity index (χ4n) is 4.61. The third kappa shape index (κ3) is 4.53. The summed E-state index contributed by atoms with van der Waals surface area (Å²) in [5, 5.41) is 4.85. The molecular formula is C28H31N3O3. The van der Waals surface area contributed by atoms with E-state index in [1.54, 1.807) is 16.7 Å². The molecule has 0 fully saturated rings. The van der Waals surface area contributed by atoms with Gasteiger partial charge in [-0.25, -0.2) is 0 Å². The van der Waals surface area contributed by atoms with Crippen LogP contribution in [0, 0.1) is 6.92 Å². The second-order valence-electron chi connectivity index (χ2n) is 8.76. The smallest absolute Gasteiger partial charge is 0.258 e. The van der Waals surface area contributed by atoms with E-state index in [-0.39, 0.29) is 24.1 Å². The fraction of sp³-hybridized carbons (Fsp3) is 0.321. The Kier molecular flexibility index (Phi) is 6.96. The molecule has 0 aromatic heterocycles. The van der Waals surface area contributed by atoms with Crippen LogP contribution in [0.3, 0.4) is 0 Å². The Hall–Kier alpha value is -3.67. The van der Waals surface area contributed by atoms with Crippen LogP contribution in [0.5, 0.6) is 0 Å². The normalized spacial score (nSPS) is 13.3. The molecule has 1 N–H and O–H groups in total. The van der Waals surface area contributed by atoms with Gasteiger partial charge in [-0.2, -0.15) is 0 Å². The van der Waals surface area contributed by atoms with Crippen LogP contribution in [0.25, 0.3) is 10.8 Å². The zero-order valence-electron chi connectivity index (χ0n) is 20.0. The molecule has 0 radical (unpaired) electrons. The van der Waals surface area contributed by atoms with Crippen molar-refractivity contribution in [3.8, 4) is 0 Å². The van der Waals surface area contributed by atoms with Gasteiger partial charge in [0.15, 0.2) is 0 Å². The summed E-state index contributed by atoms with van der Waals surface area (Å²) in [6, 6.07) is 19.0. The standard InChI is InChI=1S/C28H31N3O3/c1-4-29-27(33)20(3)31(18-22-11-6-5-10-19(22)2)25(32)16-9-17-30-24-15-8-13-21-12-7-14-23(26(21)24)28(30)34/h5-8,10-15,20H,4,9,16-18H2,1-3H3,(H,29,33). The minimum Gasteiger partial charge on any atom is -0.355 e. The third-order valence-corrected chi connectivity index (χ3v) is 6.54. The van der Waals surface area contributed by atoms with Gasteiger partial charge in [0.1, 0.15) is 6.04 Å². The van der Waals surface area contributed by atoms with Gasteiger partial charge in [-0.1, -0.05) is 48.5 Å². The number of rotatable bonds is 9. The minimum absolute atomic E-state index is 0.0216. The Labute approximate surface area is 200 Å². The summed E-state index contributed by atoms with van der Waals surface area (Å²) in [4.78, 5) is 42.3. The Morgan fingerprint density at radius 3 is 2.50 bits per heavy atom. The molecular weight excluding hydrogens is 426 g/mol. The highest BCUT2D eigenvalue weighted by atomic mass is 16.2. The Balaban J connectivity index is 1.47. The average Bonchev–Trinajstić information content (AvgIpc) is 3.11. The lowest BCUT2D eigenvalue weighted by atomic mass is 10.1. The first-order valence-electron chi connectivity index (χ1n) is 11.9. The van der Waals surface area contributed by atoms with Gasteiger partial charge < -0.3 is 15.1 Å². The fourth-order valence-corrected chi connectivity index (χ4v) is 4.61. The van der Waals surface area contributed by atoms with Crippen molar-refractivity contribution < 1.29 is 14.4 Å². The number of hydrogen-bond donors (Lipinski definition) is 1. The molecule has 34 heavy (non-hydrogen) atoms. The maximum atomic E-state index is 13.3. The van der Waals surface area contributed by atoms with Crippen molar-refractivity contribution in [2.45, 2.75) is 46.2 Å². The first kappa shape index (κ1) is 23.5. The van der Waals surface area contributed by atoms with Crippen LogP contribution >= 0.6 is 0 Å². The molecule has 1 atom stereocenters. The molecule has 3 aromatic carbocycles. The zero-order valence-corrected chi connectivity index (χ0v) is 20.0.